The molecule has 6 aliphatic carbocycles. The summed E-state index contributed by atoms with van der Waals surface area (Å²) in [5.74, 6) is 5.57. The first kappa shape index (κ1) is 15.3. The summed E-state index contributed by atoms with van der Waals surface area (Å²) < 4.78 is 6.66. The molecule has 0 radical (unpaired) electrons. The van der Waals surface area contributed by atoms with Gasteiger partial charge in [-0.15, -0.1) is 0 Å². The standard InChI is InChI=1S/C24H33NO/c1-22-7-5-15-16-4-3-14(25)11-19(16)23(8-9-23)13-18(15)21(22)17-12-20(17)24(22)6-2-10-26-24/h11,15-18,20-21,25H,2-10,12-13H2,1H3/t15?,16-,17?,18?,20?,21?,22+,24+/m1/s1. The molecule has 8 atom stereocenters. The van der Waals surface area contributed by atoms with Crippen LogP contribution >= 0.6 is 0 Å². The average Bonchev–Trinajstić information content (AvgIpc) is 3.52. The maximum atomic E-state index is 8.25. The predicted octanol–water partition coefficient (Wildman–Crippen LogP) is 5.37. The zero-order valence-corrected chi connectivity index (χ0v) is 16.2. The van der Waals surface area contributed by atoms with E-state index in [1.54, 1.807) is 5.57 Å². The summed E-state index contributed by atoms with van der Waals surface area (Å²) in [6.45, 7) is 3.69. The van der Waals surface area contributed by atoms with E-state index in [0.29, 0.717) is 10.8 Å². The van der Waals surface area contributed by atoms with Gasteiger partial charge in [-0.1, -0.05) is 12.5 Å². The van der Waals surface area contributed by atoms with Gasteiger partial charge < -0.3 is 10.1 Å². The number of allylic oxidation sites excluding steroid dienone is 2. The van der Waals surface area contributed by atoms with Crippen molar-refractivity contribution < 1.29 is 4.74 Å². The lowest BCUT2D eigenvalue weighted by atomic mass is 9.47. The Kier molecular flexibility index (Phi) is 2.65. The molecule has 1 saturated heterocycles. The van der Waals surface area contributed by atoms with Crippen LogP contribution in [0.5, 0.6) is 0 Å². The molecule has 2 spiro atoms. The van der Waals surface area contributed by atoms with Crippen molar-refractivity contribution in [3.63, 3.8) is 0 Å². The first-order chi connectivity index (χ1) is 12.6. The Morgan fingerprint density at radius 1 is 1.08 bits per heavy atom. The monoisotopic (exact) mass is 351 g/mol. The van der Waals surface area contributed by atoms with Crippen LogP contribution in [-0.4, -0.2) is 17.9 Å². The fourth-order valence-corrected chi connectivity index (χ4v) is 9.66. The fraction of sp³-hybridized carbons (Fsp3) is 0.875. The van der Waals surface area contributed by atoms with Gasteiger partial charge in [-0.3, -0.25) is 0 Å². The maximum Gasteiger partial charge on any atom is 0.0770 e. The third-order valence-electron chi connectivity index (χ3n) is 10.7. The van der Waals surface area contributed by atoms with E-state index in [9.17, 15) is 0 Å². The topological polar surface area (TPSA) is 33.1 Å². The fourth-order valence-electron chi connectivity index (χ4n) is 9.66. The van der Waals surface area contributed by atoms with Crippen LogP contribution < -0.4 is 0 Å². The number of ether oxygens (including phenoxy) is 1. The van der Waals surface area contributed by atoms with E-state index < -0.39 is 0 Å². The van der Waals surface area contributed by atoms with Gasteiger partial charge in [0.2, 0.25) is 0 Å². The summed E-state index contributed by atoms with van der Waals surface area (Å²) in [5.41, 5.74) is 3.94. The lowest BCUT2D eigenvalue weighted by Gasteiger charge is -2.59. The number of rotatable bonds is 0. The highest BCUT2D eigenvalue weighted by Gasteiger charge is 2.77. The molecule has 5 unspecified atom stereocenters. The molecule has 1 N–H and O–H groups in total. The molecule has 0 aromatic rings. The molecule has 7 rings (SSSR count). The van der Waals surface area contributed by atoms with Crippen LogP contribution in [0.15, 0.2) is 11.6 Å². The second kappa shape index (κ2) is 4.50. The van der Waals surface area contributed by atoms with Gasteiger partial charge in [-0.2, -0.15) is 0 Å². The molecular formula is C24H33NO. The summed E-state index contributed by atoms with van der Waals surface area (Å²) in [4.78, 5) is 0. The van der Waals surface area contributed by atoms with Crippen molar-refractivity contribution in [1.82, 2.24) is 0 Å². The minimum atomic E-state index is 0.273. The Morgan fingerprint density at radius 2 is 1.96 bits per heavy atom. The largest absolute Gasteiger partial charge is 0.374 e. The van der Waals surface area contributed by atoms with Gasteiger partial charge in [-0.25, -0.2) is 0 Å². The number of fused-ring (bicyclic) bond motifs is 10. The summed E-state index contributed by atoms with van der Waals surface area (Å²) in [6, 6.07) is 0. The normalized spacial score (nSPS) is 58.0. The van der Waals surface area contributed by atoms with Crippen LogP contribution in [0.4, 0.5) is 0 Å². The van der Waals surface area contributed by atoms with E-state index in [1.165, 1.54) is 57.8 Å². The predicted molar refractivity (Wildman–Crippen MR) is 102 cm³/mol. The average molecular weight is 352 g/mol. The molecule has 2 nitrogen and oxygen atoms in total. The number of nitrogens with one attached hydrogen (secondary N) is 1. The van der Waals surface area contributed by atoms with Gasteiger partial charge >= 0.3 is 0 Å². The van der Waals surface area contributed by atoms with E-state index in [2.05, 4.69) is 13.0 Å². The van der Waals surface area contributed by atoms with Gasteiger partial charge in [0.15, 0.2) is 0 Å². The van der Waals surface area contributed by atoms with Gasteiger partial charge in [-0.05, 0) is 111 Å². The lowest BCUT2D eigenvalue weighted by molar-refractivity contribution is -0.150. The molecule has 0 aromatic carbocycles. The van der Waals surface area contributed by atoms with E-state index in [-0.39, 0.29) is 5.60 Å². The van der Waals surface area contributed by atoms with Gasteiger partial charge in [0.25, 0.3) is 0 Å². The van der Waals surface area contributed by atoms with Crippen molar-refractivity contribution >= 4 is 5.71 Å². The molecule has 5 saturated carbocycles. The van der Waals surface area contributed by atoms with Crippen LogP contribution in [-0.2, 0) is 4.74 Å². The van der Waals surface area contributed by atoms with Crippen molar-refractivity contribution in [3.8, 4) is 0 Å². The summed E-state index contributed by atoms with van der Waals surface area (Å²) >= 11 is 0. The Morgan fingerprint density at radius 3 is 2.73 bits per heavy atom. The van der Waals surface area contributed by atoms with Crippen molar-refractivity contribution in [3.05, 3.63) is 11.6 Å². The Labute approximate surface area is 157 Å². The molecule has 7 aliphatic rings. The summed E-state index contributed by atoms with van der Waals surface area (Å²) in [5, 5.41) is 8.25. The molecule has 2 heteroatoms. The highest BCUT2D eigenvalue weighted by atomic mass is 16.5. The minimum Gasteiger partial charge on any atom is -0.374 e. The number of hydrogen-bond acceptors (Lipinski definition) is 2. The van der Waals surface area contributed by atoms with Gasteiger partial charge in [0.1, 0.15) is 0 Å². The molecule has 0 aromatic heterocycles. The van der Waals surface area contributed by atoms with E-state index in [1.807, 2.05) is 0 Å². The molecule has 6 fully saturated rings. The molecule has 0 amide bonds. The minimum absolute atomic E-state index is 0.273. The molecule has 0 bridgehead atoms. The molecule has 1 heterocycles. The van der Waals surface area contributed by atoms with Crippen LogP contribution in [0.3, 0.4) is 0 Å². The van der Waals surface area contributed by atoms with Crippen molar-refractivity contribution in [2.24, 2.45) is 46.3 Å². The smallest absolute Gasteiger partial charge is 0.0770 e. The maximum absolute atomic E-state index is 8.25. The third-order valence-corrected chi connectivity index (χ3v) is 10.7. The second-order valence-corrected chi connectivity index (χ2v) is 11.4. The molecule has 1 aliphatic heterocycles. The number of hydrogen-bond donors (Lipinski definition) is 1. The molecular weight excluding hydrogens is 318 g/mol. The molecule has 26 heavy (non-hydrogen) atoms. The first-order valence-corrected chi connectivity index (χ1v) is 11.5. The van der Waals surface area contributed by atoms with Gasteiger partial charge in [0, 0.05) is 17.7 Å². The van der Waals surface area contributed by atoms with Crippen molar-refractivity contribution in [2.75, 3.05) is 6.61 Å². The first-order valence-electron chi connectivity index (χ1n) is 11.5. The lowest BCUT2D eigenvalue weighted by Crippen LogP contribution is -2.56. The van der Waals surface area contributed by atoms with Crippen molar-refractivity contribution in [2.45, 2.75) is 76.7 Å². The van der Waals surface area contributed by atoms with Crippen molar-refractivity contribution in [1.29, 1.82) is 5.41 Å². The van der Waals surface area contributed by atoms with E-state index in [4.69, 9.17) is 10.1 Å². The van der Waals surface area contributed by atoms with E-state index >= 15 is 0 Å². The Bertz CT molecular complexity index is 726. The van der Waals surface area contributed by atoms with E-state index in [0.717, 1.165) is 54.2 Å². The summed E-state index contributed by atoms with van der Waals surface area (Å²) in [7, 11) is 0. The third kappa shape index (κ3) is 1.57. The van der Waals surface area contributed by atoms with Gasteiger partial charge in [0.05, 0.1) is 5.60 Å². The zero-order valence-electron chi connectivity index (χ0n) is 16.2. The Hall–Kier alpha value is -0.630. The quantitative estimate of drug-likeness (QED) is 0.625. The highest BCUT2D eigenvalue weighted by Crippen LogP contribution is 2.80. The zero-order chi connectivity index (χ0) is 17.3. The van der Waals surface area contributed by atoms with Crippen LogP contribution in [0, 0.1) is 51.7 Å². The SMILES string of the molecule is C[C@]12CCC3C(CC4(CC4)C4=CC(=N)CC[C@@H]43)C1C1CC1[C@@]21CCCO1. The van der Waals surface area contributed by atoms with Crippen LogP contribution in [0.2, 0.25) is 0 Å². The molecule has 140 valence electrons. The van der Waals surface area contributed by atoms with Crippen LogP contribution in [0.1, 0.15) is 71.1 Å². The Balaban J connectivity index is 1.31. The van der Waals surface area contributed by atoms with Crippen LogP contribution in [0.25, 0.3) is 0 Å². The summed E-state index contributed by atoms with van der Waals surface area (Å²) in [6.07, 6.45) is 16.0. The highest BCUT2D eigenvalue weighted by molar-refractivity contribution is 5.94. The second-order valence-electron chi connectivity index (χ2n) is 11.4.